The van der Waals surface area contributed by atoms with Crippen LogP contribution in [0.25, 0.3) is 0 Å². The second-order valence-corrected chi connectivity index (χ2v) is 6.85. The van der Waals surface area contributed by atoms with E-state index in [0.717, 1.165) is 0 Å². The molecule has 0 aliphatic carbocycles. The zero-order chi connectivity index (χ0) is 11.3. The van der Waals surface area contributed by atoms with Crippen molar-refractivity contribution in [2.24, 2.45) is 0 Å². The van der Waals surface area contributed by atoms with E-state index in [-0.39, 0.29) is 17.5 Å². The number of hydrogen-bond acceptors (Lipinski definition) is 5. The summed E-state index contributed by atoms with van der Waals surface area (Å²) in [4.78, 5) is 1.86. The summed E-state index contributed by atoms with van der Waals surface area (Å²) >= 11 is 0. The van der Waals surface area contributed by atoms with Crippen LogP contribution in [0.3, 0.4) is 0 Å². The van der Waals surface area contributed by atoms with Gasteiger partial charge in [0.25, 0.3) is 0 Å². The molecule has 2 N–H and O–H groups in total. The average molecular weight is 235 g/mol. The predicted molar refractivity (Wildman–Crippen MR) is 55.3 cm³/mol. The molecule has 2 rings (SSSR count). The lowest BCUT2D eigenvalue weighted by Crippen LogP contribution is -2.66. The Balaban J connectivity index is 1.98. The summed E-state index contributed by atoms with van der Waals surface area (Å²) in [6, 6.07) is -0.318. The van der Waals surface area contributed by atoms with Crippen molar-refractivity contribution in [3.63, 3.8) is 0 Å². The van der Waals surface area contributed by atoms with Gasteiger partial charge < -0.3 is 10.2 Å². The summed E-state index contributed by atoms with van der Waals surface area (Å²) in [5.74, 6) is -0.118. The summed E-state index contributed by atoms with van der Waals surface area (Å²) in [5.41, 5.74) is -0.675. The molecule has 88 valence electrons. The quantitative estimate of drug-likeness (QED) is 0.615. The maximum absolute atomic E-state index is 11.3. The first-order valence-corrected chi connectivity index (χ1v) is 7.02. The first-order valence-electron chi connectivity index (χ1n) is 5.20. The molecular weight excluding hydrogens is 218 g/mol. The van der Waals surface area contributed by atoms with Crippen LogP contribution in [-0.2, 0) is 9.84 Å². The first kappa shape index (κ1) is 11.3. The van der Waals surface area contributed by atoms with E-state index in [1.165, 1.54) is 0 Å². The van der Waals surface area contributed by atoms with Gasteiger partial charge >= 0.3 is 0 Å². The smallest absolute Gasteiger partial charge is 0.154 e. The standard InChI is InChI=1S/C9H17NO4S/c1-2-9(12)5-10(6-9)7-3-15(13,14)4-8(7)11/h7-8,11-12H,2-6H2,1H3. The summed E-state index contributed by atoms with van der Waals surface area (Å²) in [6.45, 7) is 2.85. The van der Waals surface area contributed by atoms with E-state index in [1.54, 1.807) is 0 Å². The van der Waals surface area contributed by atoms with Gasteiger partial charge in [0, 0.05) is 13.1 Å². The van der Waals surface area contributed by atoms with Crippen molar-refractivity contribution in [1.29, 1.82) is 0 Å². The molecule has 2 unspecified atom stereocenters. The van der Waals surface area contributed by atoms with E-state index < -0.39 is 21.5 Å². The summed E-state index contributed by atoms with van der Waals surface area (Å²) < 4.78 is 22.6. The van der Waals surface area contributed by atoms with E-state index in [1.807, 2.05) is 11.8 Å². The molecular formula is C9H17NO4S. The molecule has 0 aromatic carbocycles. The Hall–Kier alpha value is -0.170. The Morgan fingerprint density at radius 2 is 2.00 bits per heavy atom. The third-order valence-electron chi connectivity index (χ3n) is 3.42. The van der Waals surface area contributed by atoms with Crippen molar-refractivity contribution < 1.29 is 18.6 Å². The molecule has 5 nitrogen and oxygen atoms in total. The molecule has 6 heteroatoms. The molecule has 0 bridgehead atoms. The van der Waals surface area contributed by atoms with Gasteiger partial charge in [-0.25, -0.2) is 8.42 Å². The Labute approximate surface area is 89.6 Å². The Bertz CT molecular complexity index is 347. The minimum Gasteiger partial charge on any atom is -0.390 e. The number of hydrogen-bond donors (Lipinski definition) is 2. The maximum atomic E-state index is 11.3. The van der Waals surface area contributed by atoms with E-state index >= 15 is 0 Å². The van der Waals surface area contributed by atoms with Crippen molar-refractivity contribution in [3.05, 3.63) is 0 Å². The molecule has 2 atom stereocenters. The maximum Gasteiger partial charge on any atom is 0.154 e. The molecule has 0 saturated carbocycles. The summed E-state index contributed by atoms with van der Waals surface area (Å²) in [5, 5.41) is 19.4. The second-order valence-electron chi connectivity index (χ2n) is 4.69. The molecule has 0 radical (unpaired) electrons. The van der Waals surface area contributed by atoms with Crippen LogP contribution >= 0.6 is 0 Å². The van der Waals surface area contributed by atoms with Gasteiger partial charge in [-0.05, 0) is 6.42 Å². The molecule has 0 amide bonds. The van der Waals surface area contributed by atoms with E-state index in [9.17, 15) is 18.6 Å². The second kappa shape index (κ2) is 3.41. The van der Waals surface area contributed by atoms with Crippen LogP contribution in [0.5, 0.6) is 0 Å². The number of nitrogens with zero attached hydrogens (tertiary/aromatic N) is 1. The minimum absolute atomic E-state index is 0.0218. The van der Waals surface area contributed by atoms with Gasteiger partial charge in [-0.15, -0.1) is 0 Å². The zero-order valence-corrected chi connectivity index (χ0v) is 9.57. The van der Waals surface area contributed by atoms with E-state index in [2.05, 4.69) is 0 Å². The molecule has 2 saturated heterocycles. The molecule has 0 aromatic heterocycles. The van der Waals surface area contributed by atoms with Gasteiger partial charge in [0.2, 0.25) is 0 Å². The molecule has 15 heavy (non-hydrogen) atoms. The van der Waals surface area contributed by atoms with Crippen molar-refractivity contribution in [3.8, 4) is 0 Å². The lowest BCUT2D eigenvalue weighted by Gasteiger charge is -2.49. The van der Waals surface area contributed by atoms with Gasteiger partial charge in [0.1, 0.15) is 0 Å². The SMILES string of the molecule is CCC1(O)CN(C2CS(=O)(=O)CC2O)C1. The number of rotatable bonds is 2. The average Bonchev–Trinajstić information content (AvgIpc) is 2.34. The Morgan fingerprint density at radius 3 is 2.40 bits per heavy atom. The zero-order valence-electron chi connectivity index (χ0n) is 8.76. The van der Waals surface area contributed by atoms with Gasteiger partial charge in [0.15, 0.2) is 9.84 Å². The summed E-state index contributed by atoms with van der Waals surface area (Å²) in [7, 11) is -3.08. The number of sulfone groups is 1. The topological polar surface area (TPSA) is 77.8 Å². The normalized spacial score (nSPS) is 38.9. The van der Waals surface area contributed by atoms with Gasteiger partial charge in [-0.2, -0.15) is 0 Å². The molecule has 0 aromatic rings. The molecule has 2 aliphatic rings. The third-order valence-corrected chi connectivity index (χ3v) is 5.11. The highest BCUT2D eigenvalue weighted by Crippen LogP contribution is 2.30. The number of aliphatic hydroxyl groups excluding tert-OH is 1. The fourth-order valence-corrected chi connectivity index (χ4v) is 4.16. The van der Waals surface area contributed by atoms with Crippen molar-refractivity contribution in [2.45, 2.75) is 31.1 Å². The molecule has 2 heterocycles. The Morgan fingerprint density at radius 1 is 1.40 bits per heavy atom. The van der Waals surface area contributed by atoms with Crippen LogP contribution in [0.4, 0.5) is 0 Å². The van der Waals surface area contributed by atoms with Gasteiger partial charge in [-0.1, -0.05) is 6.92 Å². The number of aliphatic hydroxyl groups is 2. The van der Waals surface area contributed by atoms with E-state index in [4.69, 9.17) is 0 Å². The largest absolute Gasteiger partial charge is 0.390 e. The lowest BCUT2D eigenvalue weighted by atomic mass is 9.89. The van der Waals surface area contributed by atoms with Crippen LogP contribution < -0.4 is 0 Å². The number of β-amino-alcohol motifs (C(OH)–C–C–N with tert-alkyl or cyclic N) is 1. The van der Waals surface area contributed by atoms with Gasteiger partial charge in [-0.3, -0.25) is 4.90 Å². The fraction of sp³-hybridized carbons (Fsp3) is 1.00. The fourth-order valence-electron chi connectivity index (χ4n) is 2.33. The van der Waals surface area contributed by atoms with E-state index in [0.29, 0.717) is 19.5 Å². The minimum atomic E-state index is -3.08. The monoisotopic (exact) mass is 235 g/mol. The van der Waals surface area contributed by atoms with Crippen molar-refractivity contribution in [1.82, 2.24) is 4.90 Å². The van der Waals surface area contributed by atoms with Crippen molar-refractivity contribution >= 4 is 9.84 Å². The van der Waals surface area contributed by atoms with Crippen LogP contribution in [-0.4, -0.2) is 65.9 Å². The van der Waals surface area contributed by atoms with Crippen LogP contribution in [0.15, 0.2) is 0 Å². The summed E-state index contributed by atoms with van der Waals surface area (Å²) in [6.07, 6.45) is -0.129. The predicted octanol–water partition coefficient (Wildman–Crippen LogP) is -1.40. The van der Waals surface area contributed by atoms with Crippen LogP contribution in [0, 0.1) is 0 Å². The molecule has 2 fully saturated rings. The third kappa shape index (κ3) is 2.04. The van der Waals surface area contributed by atoms with Crippen LogP contribution in [0.1, 0.15) is 13.3 Å². The lowest BCUT2D eigenvalue weighted by molar-refractivity contribution is -0.125. The number of likely N-dealkylation sites (tertiary alicyclic amines) is 1. The van der Waals surface area contributed by atoms with Crippen molar-refractivity contribution in [2.75, 3.05) is 24.6 Å². The van der Waals surface area contributed by atoms with Crippen LogP contribution in [0.2, 0.25) is 0 Å². The highest BCUT2D eigenvalue weighted by atomic mass is 32.2. The van der Waals surface area contributed by atoms with Gasteiger partial charge in [0.05, 0.1) is 29.3 Å². The highest BCUT2D eigenvalue weighted by Gasteiger charge is 2.48. The highest BCUT2D eigenvalue weighted by molar-refractivity contribution is 7.91. The molecule has 0 spiro atoms. The first-order chi connectivity index (χ1) is 6.85. The molecule has 2 aliphatic heterocycles. The Kier molecular flexibility index (Phi) is 2.57.